The van der Waals surface area contributed by atoms with E-state index in [1.54, 1.807) is 24.3 Å². The molecule has 104 valence electrons. The zero-order valence-electron chi connectivity index (χ0n) is 10.1. The highest BCUT2D eigenvalue weighted by atomic mass is 79.9. The zero-order valence-corrected chi connectivity index (χ0v) is 12.4. The maximum Gasteiger partial charge on any atom is 0.337 e. The summed E-state index contributed by atoms with van der Waals surface area (Å²) in [5, 5.41) is 3.12. The van der Waals surface area contributed by atoms with Crippen LogP contribution >= 0.6 is 27.5 Å². The largest absolute Gasteiger partial charge is 0.337 e. The van der Waals surface area contributed by atoms with Crippen molar-refractivity contribution in [3.8, 4) is 0 Å². The third-order valence-electron chi connectivity index (χ3n) is 2.32. The van der Waals surface area contributed by atoms with E-state index in [0.29, 0.717) is 20.9 Å². The Morgan fingerprint density at radius 3 is 2.70 bits per heavy atom. The highest BCUT2D eigenvalue weighted by Gasteiger charge is 2.04. The Hall–Kier alpha value is -1.79. The summed E-state index contributed by atoms with van der Waals surface area (Å²) in [6.45, 7) is 0. The second-order valence-corrected chi connectivity index (χ2v) is 5.13. The maximum atomic E-state index is 12.9. The quantitative estimate of drug-likeness (QED) is 0.713. The molecule has 20 heavy (non-hydrogen) atoms. The van der Waals surface area contributed by atoms with Crippen molar-refractivity contribution in [3.63, 3.8) is 0 Å². The Kier molecular flexibility index (Phi) is 4.81. The minimum atomic E-state index is -0.469. The van der Waals surface area contributed by atoms with Gasteiger partial charge < -0.3 is 5.32 Å². The van der Waals surface area contributed by atoms with Crippen molar-refractivity contribution in [1.29, 1.82) is 0 Å². The molecule has 4 nitrogen and oxygen atoms in total. The van der Waals surface area contributed by atoms with E-state index in [9.17, 15) is 9.18 Å². The molecule has 2 amide bonds. The van der Waals surface area contributed by atoms with Crippen LogP contribution in [0, 0.1) is 5.82 Å². The van der Waals surface area contributed by atoms with E-state index in [1.807, 2.05) is 0 Å². The summed E-state index contributed by atoms with van der Waals surface area (Å²) in [6.07, 6.45) is 0. The zero-order chi connectivity index (χ0) is 14.5. The van der Waals surface area contributed by atoms with Gasteiger partial charge in [0.2, 0.25) is 0 Å². The van der Waals surface area contributed by atoms with Gasteiger partial charge in [0.15, 0.2) is 0 Å². The molecule has 0 aliphatic carbocycles. The van der Waals surface area contributed by atoms with Crippen LogP contribution in [0.4, 0.5) is 20.6 Å². The molecule has 0 saturated carbocycles. The van der Waals surface area contributed by atoms with Gasteiger partial charge in [0.25, 0.3) is 0 Å². The molecule has 0 spiro atoms. The molecule has 2 aromatic carbocycles. The lowest BCUT2D eigenvalue weighted by molar-refractivity contribution is 0.254. The number of rotatable bonds is 3. The first kappa shape index (κ1) is 14.6. The molecule has 0 radical (unpaired) electrons. The molecule has 0 saturated heterocycles. The van der Waals surface area contributed by atoms with Crippen LogP contribution < -0.4 is 16.2 Å². The summed E-state index contributed by atoms with van der Waals surface area (Å²) < 4.78 is 13.4. The van der Waals surface area contributed by atoms with Gasteiger partial charge in [-0.05, 0) is 52.3 Å². The Bertz CT molecular complexity index is 639. The van der Waals surface area contributed by atoms with Gasteiger partial charge in [-0.1, -0.05) is 17.7 Å². The van der Waals surface area contributed by atoms with Crippen molar-refractivity contribution in [2.45, 2.75) is 0 Å². The number of amides is 2. The van der Waals surface area contributed by atoms with E-state index in [4.69, 9.17) is 11.6 Å². The van der Waals surface area contributed by atoms with Crippen LogP contribution in [0.2, 0.25) is 5.02 Å². The number of halogens is 3. The van der Waals surface area contributed by atoms with E-state index < -0.39 is 6.03 Å². The average Bonchev–Trinajstić information content (AvgIpc) is 2.37. The fourth-order valence-corrected chi connectivity index (χ4v) is 2.08. The fourth-order valence-electron chi connectivity index (χ4n) is 1.44. The van der Waals surface area contributed by atoms with Gasteiger partial charge in [-0.15, -0.1) is 0 Å². The summed E-state index contributed by atoms with van der Waals surface area (Å²) in [5.41, 5.74) is 6.20. The Morgan fingerprint density at radius 2 is 2.00 bits per heavy atom. The second kappa shape index (κ2) is 6.58. The van der Waals surface area contributed by atoms with Crippen LogP contribution in [0.15, 0.2) is 46.9 Å². The Morgan fingerprint density at radius 1 is 1.20 bits per heavy atom. The molecule has 3 N–H and O–H groups in total. The summed E-state index contributed by atoms with van der Waals surface area (Å²) >= 11 is 8.99. The molecule has 0 aromatic heterocycles. The minimum absolute atomic E-state index is 0.370. The molecular formula is C13H10BrClFN3O. The van der Waals surface area contributed by atoms with Gasteiger partial charge in [-0.3, -0.25) is 10.9 Å². The number of urea groups is 1. The van der Waals surface area contributed by atoms with E-state index in [2.05, 4.69) is 32.1 Å². The van der Waals surface area contributed by atoms with Gasteiger partial charge in [0.05, 0.1) is 5.69 Å². The smallest absolute Gasteiger partial charge is 0.307 e. The third kappa shape index (κ3) is 4.11. The van der Waals surface area contributed by atoms with Crippen molar-refractivity contribution < 1.29 is 9.18 Å². The van der Waals surface area contributed by atoms with Gasteiger partial charge in [-0.25, -0.2) is 9.18 Å². The highest BCUT2D eigenvalue weighted by molar-refractivity contribution is 9.10. The molecule has 0 aliphatic heterocycles. The standard InChI is InChI=1S/C13H10BrClFN3O/c14-11-7-9(16)4-5-12(11)18-19-13(20)17-10-3-1-2-8(15)6-10/h1-7,18H,(H2,17,19,20). The summed E-state index contributed by atoms with van der Waals surface area (Å²) in [6, 6.07) is 10.4. The lowest BCUT2D eigenvalue weighted by Gasteiger charge is -2.11. The number of hydrogen-bond acceptors (Lipinski definition) is 2. The fraction of sp³-hybridized carbons (Fsp3) is 0. The first-order chi connectivity index (χ1) is 9.54. The van der Waals surface area contributed by atoms with Crippen molar-refractivity contribution in [3.05, 3.63) is 57.8 Å². The van der Waals surface area contributed by atoms with Gasteiger partial charge in [0, 0.05) is 15.2 Å². The number of benzene rings is 2. The van der Waals surface area contributed by atoms with Crippen molar-refractivity contribution >= 4 is 44.9 Å². The first-order valence-electron chi connectivity index (χ1n) is 5.58. The van der Waals surface area contributed by atoms with Crippen LogP contribution in [0.5, 0.6) is 0 Å². The SMILES string of the molecule is O=C(NNc1ccc(F)cc1Br)Nc1cccc(Cl)c1. The van der Waals surface area contributed by atoms with E-state index in [0.717, 1.165) is 0 Å². The lowest BCUT2D eigenvalue weighted by Crippen LogP contribution is -2.33. The van der Waals surface area contributed by atoms with Crippen molar-refractivity contribution in [2.24, 2.45) is 0 Å². The topological polar surface area (TPSA) is 53.2 Å². The number of anilines is 2. The number of carbonyl (C=O) groups is 1. The van der Waals surface area contributed by atoms with Crippen LogP contribution in [0.3, 0.4) is 0 Å². The van der Waals surface area contributed by atoms with Gasteiger partial charge in [0.1, 0.15) is 5.82 Å². The summed E-state index contributed by atoms with van der Waals surface area (Å²) in [7, 11) is 0. The third-order valence-corrected chi connectivity index (χ3v) is 3.22. The van der Waals surface area contributed by atoms with Crippen LogP contribution in [0.1, 0.15) is 0 Å². The second-order valence-electron chi connectivity index (χ2n) is 3.84. The van der Waals surface area contributed by atoms with E-state index in [1.165, 1.54) is 18.2 Å². The monoisotopic (exact) mass is 357 g/mol. The molecule has 2 aromatic rings. The molecule has 0 aliphatic rings. The number of carbonyl (C=O) groups excluding carboxylic acids is 1. The minimum Gasteiger partial charge on any atom is -0.307 e. The van der Waals surface area contributed by atoms with Gasteiger partial charge in [-0.2, -0.15) is 0 Å². The molecule has 7 heteroatoms. The normalized spacial score (nSPS) is 9.95. The molecule has 0 unspecified atom stereocenters. The number of hydrogen-bond donors (Lipinski definition) is 3. The Labute approximate surface area is 128 Å². The van der Waals surface area contributed by atoms with Crippen molar-refractivity contribution in [1.82, 2.24) is 5.43 Å². The predicted octanol–water partition coefficient (Wildman–Crippen LogP) is 4.39. The number of nitrogens with one attached hydrogen (secondary N) is 3. The van der Waals surface area contributed by atoms with E-state index in [-0.39, 0.29) is 5.82 Å². The van der Waals surface area contributed by atoms with E-state index >= 15 is 0 Å². The summed E-state index contributed by atoms with van der Waals surface area (Å²) in [5.74, 6) is -0.370. The maximum absolute atomic E-state index is 12.9. The van der Waals surface area contributed by atoms with Crippen LogP contribution in [-0.4, -0.2) is 6.03 Å². The average molecular weight is 359 g/mol. The molecular weight excluding hydrogens is 349 g/mol. The molecule has 0 fully saturated rings. The first-order valence-corrected chi connectivity index (χ1v) is 6.75. The van der Waals surface area contributed by atoms with Gasteiger partial charge >= 0.3 is 6.03 Å². The molecule has 0 atom stereocenters. The summed E-state index contributed by atoms with van der Waals surface area (Å²) in [4.78, 5) is 11.7. The predicted molar refractivity (Wildman–Crippen MR) is 81.3 cm³/mol. The van der Waals surface area contributed by atoms with Crippen LogP contribution in [0.25, 0.3) is 0 Å². The van der Waals surface area contributed by atoms with Crippen LogP contribution in [-0.2, 0) is 0 Å². The molecule has 0 heterocycles. The lowest BCUT2D eigenvalue weighted by atomic mass is 10.3. The number of hydrazine groups is 1. The molecule has 2 rings (SSSR count). The highest BCUT2D eigenvalue weighted by Crippen LogP contribution is 2.22. The Balaban J connectivity index is 1.92. The van der Waals surface area contributed by atoms with Crippen molar-refractivity contribution in [2.75, 3.05) is 10.7 Å². The molecule has 0 bridgehead atoms.